The van der Waals surface area contributed by atoms with E-state index in [1.54, 1.807) is 0 Å². The molecule has 5 heteroatoms. The van der Waals surface area contributed by atoms with E-state index in [1.807, 2.05) is 6.92 Å². The number of carbonyl (C=O) groups is 2. The van der Waals surface area contributed by atoms with Crippen LogP contribution in [0.2, 0.25) is 0 Å². The number of hydrogen-bond donors (Lipinski definition) is 2. The largest absolute Gasteiger partial charge is 0.481 e. The molecule has 0 atom stereocenters. The summed E-state index contributed by atoms with van der Waals surface area (Å²) in [5.41, 5.74) is -0.119. The summed E-state index contributed by atoms with van der Waals surface area (Å²) in [4.78, 5) is 22.2. The maximum atomic E-state index is 11.4. The van der Waals surface area contributed by atoms with E-state index in [-0.39, 0.29) is 12.3 Å². The molecule has 1 amide bonds. The minimum absolute atomic E-state index is 0.0389. The van der Waals surface area contributed by atoms with Crippen molar-refractivity contribution in [2.24, 2.45) is 5.41 Å². The lowest BCUT2D eigenvalue weighted by Gasteiger charge is -2.18. The second-order valence-electron chi connectivity index (χ2n) is 4.73. The normalized spacial score (nSPS) is 11.0. The van der Waals surface area contributed by atoms with E-state index < -0.39 is 11.4 Å². The average Bonchev–Trinajstić information content (AvgIpc) is 2.15. The van der Waals surface area contributed by atoms with Crippen molar-refractivity contribution in [3.63, 3.8) is 0 Å². The van der Waals surface area contributed by atoms with Crippen LogP contribution in [-0.4, -0.2) is 36.7 Å². The molecule has 0 unspecified atom stereocenters. The fourth-order valence-corrected chi connectivity index (χ4v) is 1.05. The van der Waals surface area contributed by atoms with Gasteiger partial charge in [0.2, 0.25) is 5.91 Å². The number of aliphatic carboxylic acids is 1. The Bertz CT molecular complexity index is 297. The van der Waals surface area contributed by atoms with Crippen LogP contribution in [0.25, 0.3) is 0 Å². The van der Waals surface area contributed by atoms with Crippen LogP contribution in [0, 0.1) is 5.41 Å². The van der Waals surface area contributed by atoms with E-state index in [9.17, 15) is 9.59 Å². The first-order chi connectivity index (χ1) is 7.75. The van der Waals surface area contributed by atoms with Gasteiger partial charge in [-0.05, 0) is 20.8 Å². The zero-order valence-corrected chi connectivity index (χ0v) is 10.7. The van der Waals surface area contributed by atoms with E-state index in [0.717, 1.165) is 5.57 Å². The Hall–Kier alpha value is -1.36. The molecule has 0 spiro atoms. The summed E-state index contributed by atoms with van der Waals surface area (Å²) < 4.78 is 5.19. The van der Waals surface area contributed by atoms with Crippen LogP contribution in [-0.2, 0) is 14.3 Å². The van der Waals surface area contributed by atoms with E-state index in [1.165, 1.54) is 13.8 Å². The minimum Gasteiger partial charge on any atom is -0.481 e. The molecule has 0 saturated carbocycles. The third-order valence-corrected chi connectivity index (χ3v) is 2.10. The van der Waals surface area contributed by atoms with Crippen molar-refractivity contribution in [3.8, 4) is 0 Å². The monoisotopic (exact) mass is 243 g/mol. The van der Waals surface area contributed by atoms with Gasteiger partial charge in [0.1, 0.15) is 0 Å². The summed E-state index contributed by atoms with van der Waals surface area (Å²) in [6.45, 7) is 9.81. The molecule has 0 aromatic rings. The molecule has 5 nitrogen and oxygen atoms in total. The van der Waals surface area contributed by atoms with Crippen molar-refractivity contribution in [1.29, 1.82) is 0 Å². The molecule has 0 bridgehead atoms. The highest BCUT2D eigenvalue weighted by Crippen LogP contribution is 2.19. The molecule has 0 aliphatic carbocycles. The van der Waals surface area contributed by atoms with Crippen LogP contribution in [0.3, 0.4) is 0 Å². The van der Waals surface area contributed by atoms with Crippen LogP contribution in [0.5, 0.6) is 0 Å². The van der Waals surface area contributed by atoms with Gasteiger partial charge in [-0.25, -0.2) is 0 Å². The Balaban J connectivity index is 3.74. The molecule has 0 radical (unpaired) electrons. The van der Waals surface area contributed by atoms with Crippen molar-refractivity contribution < 1.29 is 19.4 Å². The zero-order valence-electron chi connectivity index (χ0n) is 10.7. The van der Waals surface area contributed by atoms with Gasteiger partial charge in [0.25, 0.3) is 0 Å². The summed E-state index contributed by atoms with van der Waals surface area (Å²) in [6.07, 6.45) is -0.0389. The summed E-state index contributed by atoms with van der Waals surface area (Å²) in [6, 6.07) is 0. The highest BCUT2D eigenvalue weighted by molar-refractivity contribution is 5.84. The third-order valence-electron chi connectivity index (χ3n) is 2.10. The first-order valence-electron chi connectivity index (χ1n) is 5.48. The fraction of sp³-hybridized carbons (Fsp3) is 0.667. The molecular formula is C12H21NO4. The van der Waals surface area contributed by atoms with E-state index >= 15 is 0 Å². The summed E-state index contributed by atoms with van der Waals surface area (Å²) in [7, 11) is 0. The quantitative estimate of drug-likeness (QED) is 0.496. The van der Waals surface area contributed by atoms with Crippen LogP contribution in [0.15, 0.2) is 12.2 Å². The number of carbonyl (C=O) groups excluding carboxylic acids is 1. The molecule has 2 N–H and O–H groups in total. The highest BCUT2D eigenvalue weighted by Gasteiger charge is 2.29. The first kappa shape index (κ1) is 15.6. The summed E-state index contributed by atoms with van der Waals surface area (Å²) in [5.74, 6) is -1.26. The number of carboxylic acid groups (broad SMARTS) is 1. The predicted molar refractivity (Wildman–Crippen MR) is 64.7 cm³/mol. The average molecular weight is 243 g/mol. The molecule has 0 aliphatic rings. The number of nitrogens with one attached hydrogen (secondary N) is 1. The third kappa shape index (κ3) is 7.52. The lowest BCUT2D eigenvalue weighted by Crippen LogP contribution is -2.34. The number of hydrogen-bond acceptors (Lipinski definition) is 3. The van der Waals surface area contributed by atoms with Crippen LogP contribution >= 0.6 is 0 Å². The SMILES string of the molecule is C=C(C)COCCNC(=O)CC(C)(C)C(=O)O. The molecule has 0 aromatic carbocycles. The van der Waals surface area contributed by atoms with Crippen LogP contribution < -0.4 is 5.32 Å². The second kappa shape index (κ2) is 7.06. The number of amides is 1. The molecule has 0 saturated heterocycles. The summed E-state index contributed by atoms with van der Waals surface area (Å²) in [5, 5.41) is 11.5. The number of ether oxygens (including phenoxy) is 1. The number of carboxylic acids is 1. The van der Waals surface area contributed by atoms with Crippen molar-refractivity contribution in [2.75, 3.05) is 19.8 Å². The van der Waals surface area contributed by atoms with Gasteiger partial charge >= 0.3 is 5.97 Å². The lowest BCUT2D eigenvalue weighted by molar-refractivity contribution is -0.149. The van der Waals surface area contributed by atoms with Crippen molar-refractivity contribution in [1.82, 2.24) is 5.32 Å². The molecule has 0 aromatic heterocycles. The molecule has 0 aliphatic heterocycles. The zero-order chi connectivity index (χ0) is 13.5. The smallest absolute Gasteiger partial charge is 0.309 e. The van der Waals surface area contributed by atoms with Gasteiger partial charge in [-0.3, -0.25) is 9.59 Å². The maximum Gasteiger partial charge on any atom is 0.309 e. The molecule has 0 fully saturated rings. The standard InChI is InChI=1S/C12H21NO4/c1-9(2)8-17-6-5-13-10(14)7-12(3,4)11(15)16/h1,5-8H2,2-4H3,(H,13,14)(H,15,16). The van der Waals surface area contributed by atoms with Gasteiger partial charge < -0.3 is 15.2 Å². The predicted octanol–water partition coefficient (Wildman–Crippen LogP) is 1.20. The van der Waals surface area contributed by atoms with Gasteiger partial charge in [-0.2, -0.15) is 0 Å². The van der Waals surface area contributed by atoms with Gasteiger partial charge in [0.05, 0.1) is 18.6 Å². The van der Waals surface area contributed by atoms with Crippen molar-refractivity contribution >= 4 is 11.9 Å². The van der Waals surface area contributed by atoms with Gasteiger partial charge in [-0.1, -0.05) is 12.2 Å². The van der Waals surface area contributed by atoms with Gasteiger partial charge in [-0.15, -0.1) is 0 Å². The van der Waals surface area contributed by atoms with E-state index in [0.29, 0.717) is 19.8 Å². The Morgan fingerprint density at radius 1 is 1.41 bits per heavy atom. The Morgan fingerprint density at radius 3 is 2.47 bits per heavy atom. The molecule has 0 heterocycles. The van der Waals surface area contributed by atoms with Crippen molar-refractivity contribution in [3.05, 3.63) is 12.2 Å². The Kier molecular flexibility index (Phi) is 6.50. The minimum atomic E-state index is -1.04. The molecular weight excluding hydrogens is 222 g/mol. The van der Waals surface area contributed by atoms with Crippen LogP contribution in [0.1, 0.15) is 27.2 Å². The molecule has 98 valence electrons. The van der Waals surface area contributed by atoms with Gasteiger partial charge in [0, 0.05) is 13.0 Å². The lowest BCUT2D eigenvalue weighted by atomic mass is 9.89. The first-order valence-corrected chi connectivity index (χ1v) is 5.48. The number of rotatable bonds is 8. The van der Waals surface area contributed by atoms with Crippen LogP contribution in [0.4, 0.5) is 0 Å². The second-order valence-corrected chi connectivity index (χ2v) is 4.73. The van der Waals surface area contributed by atoms with E-state index in [2.05, 4.69) is 11.9 Å². The Labute approximate surface area is 102 Å². The van der Waals surface area contributed by atoms with Crippen molar-refractivity contribution in [2.45, 2.75) is 27.2 Å². The fourth-order valence-electron chi connectivity index (χ4n) is 1.05. The highest BCUT2D eigenvalue weighted by atomic mass is 16.5. The van der Waals surface area contributed by atoms with Gasteiger partial charge in [0.15, 0.2) is 0 Å². The Morgan fingerprint density at radius 2 is 2.00 bits per heavy atom. The molecule has 17 heavy (non-hydrogen) atoms. The maximum absolute atomic E-state index is 11.4. The molecule has 0 rings (SSSR count). The topological polar surface area (TPSA) is 75.6 Å². The van der Waals surface area contributed by atoms with E-state index in [4.69, 9.17) is 9.84 Å². The summed E-state index contributed by atoms with van der Waals surface area (Å²) >= 11 is 0.